The van der Waals surface area contributed by atoms with Crippen LogP contribution in [0.25, 0.3) is 0 Å². The van der Waals surface area contributed by atoms with Gasteiger partial charge in [0, 0.05) is 49.7 Å². The first-order valence-electron chi connectivity index (χ1n) is 24.1. The molecule has 0 amide bonds. The van der Waals surface area contributed by atoms with E-state index in [1.807, 2.05) is 0 Å². The van der Waals surface area contributed by atoms with Gasteiger partial charge >= 0.3 is 22.4 Å². The van der Waals surface area contributed by atoms with Crippen LogP contribution in [-0.2, 0) is 60.9 Å². The first-order valence-corrected chi connectivity index (χ1v) is 24.1. The summed E-state index contributed by atoms with van der Waals surface area (Å²) in [6.45, 7) is 21.6. The summed E-state index contributed by atoms with van der Waals surface area (Å²) in [5.74, 6) is 3.92. The zero-order valence-electron chi connectivity index (χ0n) is 38.5. The van der Waals surface area contributed by atoms with Crippen molar-refractivity contribution < 1.29 is 60.9 Å². The van der Waals surface area contributed by atoms with E-state index in [9.17, 15) is 0 Å². The number of unbranched alkanes of at least 4 members (excludes halogenated alkanes) is 2. The Kier molecular flexibility index (Phi) is 14.3. The zero-order chi connectivity index (χ0) is 41.9. The van der Waals surface area contributed by atoms with Gasteiger partial charge in [-0.25, -0.2) is 19.6 Å². The molecule has 12 nitrogen and oxygen atoms in total. The van der Waals surface area contributed by atoms with E-state index in [-0.39, 0.29) is 69.6 Å². The molecular formula is C48H78AuN4O8+. The standard InChI is InChI=1S/2C24H39N2O4.Au/c2*1-17-7-8-20-18(2)22(27-14-6-5-11-26-13-12-25(4)16-26)28-21-15-23(3)10-9-19(17)24(20,21)30-29-23;/h2*12-13,16-22H,5-11,14-15H2,1-4H3;/q2*-1;+3/t2*17-,18-,19+,20+,21-,22+,23?,24-;/m11./s1. The number of nitrogens with zero attached hydrogens (tertiary/aromatic N) is 4. The number of hydrogen-bond acceptors (Lipinski definition) is 12. The van der Waals surface area contributed by atoms with Crippen molar-refractivity contribution in [2.75, 3.05) is 40.4 Å². The van der Waals surface area contributed by atoms with Gasteiger partial charge < -0.3 is 38.5 Å². The maximum absolute atomic E-state index is 6.69. The van der Waals surface area contributed by atoms with Crippen LogP contribution in [0, 0.1) is 60.7 Å². The SMILES string of the molecule is C[C@H]1[C@@H](OCCCCN2C=CN(C)[CH-]2)O[C@@H]2CC3(C)CC[C@H]4[C@H](C)CC[C@@H]1[C@@]24OO3.C[C@H]1[C@@H](OCCCCN2C=CN(C)[CH-]2)O[C@@H]2CC3(C)CC[C@H]4[C@H](C)CC[C@@H]1[C@@]24OO3.[Au+3]. The third-order valence-corrected chi connectivity index (χ3v) is 17.1. The molecule has 13 heteroatoms. The van der Waals surface area contributed by atoms with Crippen LogP contribution in [0.5, 0.6) is 0 Å². The predicted molar refractivity (Wildman–Crippen MR) is 227 cm³/mol. The molecule has 0 aromatic rings. The monoisotopic (exact) mass is 1040 g/mol. The molecule has 4 aliphatic carbocycles. The molecule has 12 aliphatic rings. The van der Waals surface area contributed by atoms with Crippen molar-refractivity contribution in [1.29, 1.82) is 0 Å². The fourth-order valence-electron chi connectivity index (χ4n) is 13.7. The van der Waals surface area contributed by atoms with Crippen LogP contribution in [0.2, 0.25) is 0 Å². The van der Waals surface area contributed by atoms with E-state index in [4.69, 9.17) is 38.5 Å². The molecule has 6 saturated heterocycles. The normalized spacial score (nSPS) is 46.7. The Morgan fingerprint density at radius 3 is 1.38 bits per heavy atom. The minimum absolute atomic E-state index is 0. The van der Waals surface area contributed by atoms with Crippen LogP contribution in [0.3, 0.4) is 0 Å². The van der Waals surface area contributed by atoms with E-state index in [2.05, 4.69) is 113 Å². The number of rotatable bonds is 12. The quantitative estimate of drug-likeness (QED) is 0.0813. The average Bonchev–Trinajstić information content (AvgIpc) is 3.67. The number of ether oxygens (including phenoxy) is 4. The molecule has 8 aliphatic heterocycles. The largest absolute Gasteiger partial charge is 3.00 e. The molecular weight excluding hydrogens is 958 g/mol. The Hall–Kier alpha value is -0.900. The summed E-state index contributed by atoms with van der Waals surface area (Å²) in [6, 6.07) is 0. The molecule has 61 heavy (non-hydrogen) atoms. The third-order valence-electron chi connectivity index (χ3n) is 17.1. The smallest absolute Gasteiger partial charge is 0.511 e. The van der Waals surface area contributed by atoms with Crippen LogP contribution in [0.4, 0.5) is 0 Å². The van der Waals surface area contributed by atoms with Gasteiger partial charge in [0.1, 0.15) is 22.4 Å². The maximum Gasteiger partial charge on any atom is 3.00 e. The molecule has 4 saturated carbocycles. The van der Waals surface area contributed by atoms with Gasteiger partial charge in [-0.3, -0.25) is 0 Å². The van der Waals surface area contributed by atoms with Crippen LogP contribution in [-0.4, -0.2) is 107 Å². The summed E-state index contributed by atoms with van der Waals surface area (Å²) in [5.41, 5.74) is -1.01. The minimum atomic E-state index is -0.281. The van der Waals surface area contributed by atoms with Gasteiger partial charge in [0.15, 0.2) is 12.6 Å². The molecule has 348 valence electrons. The van der Waals surface area contributed by atoms with Gasteiger partial charge in [-0.15, -0.1) is 0 Å². The summed E-state index contributed by atoms with van der Waals surface area (Å²) in [7, 11) is 4.11. The second kappa shape index (κ2) is 18.8. The summed E-state index contributed by atoms with van der Waals surface area (Å²) in [4.78, 5) is 33.4. The Labute approximate surface area is 383 Å². The molecule has 0 aromatic heterocycles. The van der Waals surface area contributed by atoms with Crippen molar-refractivity contribution in [2.45, 2.75) is 179 Å². The van der Waals surface area contributed by atoms with Crippen LogP contribution >= 0.6 is 0 Å². The molecule has 2 unspecified atom stereocenters. The second-order valence-corrected chi connectivity index (χ2v) is 21.5. The molecule has 4 bridgehead atoms. The average molecular weight is 1040 g/mol. The molecule has 0 radical (unpaired) electrons. The van der Waals surface area contributed by atoms with Gasteiger partial charge in [-0.1, -0.05) is 27.7 Å². The summed E-state index contributed by atoms with van der Waals surface area (Å²) < 4.78 is 26.1. The Bertz CT molecular complexity index is 1440. The van der Waals surface area contributed by atoms with Gasteiger partial charge in [0.05, 0.1) is 12.2 Å². The molecule has 0 aromatic carbocycles. The van der Waals surface area contributed by atoms with Crippen molar-refractivity contribution in [1.82, 2.24) is 19.6 Å². The molecule has 2 spiro atoms. The topological polar surface area (TPSA) is 86.8 Å². The van der Waals surface area contributed by atoms with E-state index < -0.39 is 0 Å². The van der Waals surface area contributed by atoms with Crippen molar-refractivity contribution >= 4 is 0 Å². The fourth-order valence-corrected chi connectivity index (χ4v) is 13.7. The van der Waals surface area contributed by atoms with E-state index in [0.29, 0.717) is 47.3 Å². The molecule has 10 fully saturated rings. The number of fused-ring (bicyclic) bond motifs is 4. The summed E-state index contributed by atoms with van der Waals surface area (Å²) in [6.07, 6.45) is 23.9. The Morgan fingerprint density at radius 2 is 0.984 bits per heavy atom. The van der Waals surface area contributed by atoms with Gasteiger partial charge in [0.25, 0.3) is 0 Å². The molecule has 12 rings (SSSR count). The van der Waals surface area contributed by atoms with Crippen LogP contribution in [0.15, 0.2) is 24.8 Å². The second-order valence-electron chi connectivity index (χ2n) is 21.5. The van der Waals surface area contributed by atoms with E-state index in [1.54, 1.807) is 0 Å². The van der Waals surface area contributed by atoms with Gasteiger partial charge in [-0.05, 0) is 167 Å². The predicted octanol–water partition coefficient (Wildman–Crippen LogP) is 8.57. The van der Waals surface area contributed by atoms with Gasteiger partial charge in [-0.2, -0.15) is 13.3 Å². The third kappa shape index (κ3) is 8.91. The van der Waals surface area contributed by atoms with E-state index in [1.165, 1.54) is 38.5 Å². The molecule has 8 heterocycles. The van der Waals surface area contributed by atoms with Crippen molar-refractivity contribution in [3.8, 4) is 0 Å². The van der Waals surface area contributed by atoms with E-state index in [0.717, 1.165) is 77.7 Å². The van der Waals surface area contributed by atoms with Crippen molar-refractivity contribution in [3.05, 3.63) is 38.1 Å². The Morgan fingerprint density at radius 1 is 0.557 bits per heavy atom. The summed E-state index contributed by atoms with van der Waals surface area (Å²) >= 11 is 0. The molecule has 16 atom stereocenters. The van der Waals surface area contributed by atoms with Gasteiger partial charge in [0.2, 0.25) is 0 Å². The summed E-state index contributed by atoms with van der Waals surface area (Å²) in [5, 5.41) is 0. The minimum Gasteiger partial charge on any atom is -0.511 e. The zero-order valence-corrected chi connectivity index (χ0v) is 40.6. The van der Waals surface area contributed by atoms with Crippen molar-refractivity contribution in [3.63, 3.8) is 0 Å². The van der Waals surface area contributed by atoms with Crippen LogP contribution in [0.1, 0.15) is 131 Å². The first-order chi connectivity index (χ1) is 28.8. The first kappa shape index (κ1) is 46.6. The fraction of sp³-hybridized carbons (Fsp3) is 0.875. The van der Waals surface area contributed by atoms with Crippen molar-refractivity contribution in [2.24, 2.45) is 47.3 Å². The van der Waals surface area contributed by atoms with Crippen LogP contribution < -0.4 is 0 Å². The van der Waals surface area contributed by atoms with E-state index >= 15 is 0 Å². The Balaban J connectivity index is 0.000000166. The number of hydrogen-bond donors (Lipinski definition) is 0. The molecule has 0 N–H and O–H groups in total. The maximum atomic E-state index is 6.69.